The summed E-state index contributed by atoms with van der Waals surface area (Å²) in [6.07, 6.45) is 3.79. The van der Waals surface area contributed by atoms with E-state index in [1.54, 1.807) is 36.4 Å². The Morgan fingerprint density at radius 1 is 1.00 bits per heavy atom. The Balaban J connectivity index is 1.08. The minimum absolute atomic E-state index is 0.0815. The van der Waals surface area contributed by atoms with Crippen molar-refractivity contribution in [1.29, 1.82) is 0 Å². The van der Waals surface area contributed by atoms with E-state index >= 15 is 0 Å². The van der Waals surface area contributed by atoms with Crippen LogP contribution in [-0.4, -0.2) is 99.3 Å². The third-order valence-corrected chi connectivity index (χ3v) is 12.0. The van der Waals surface area contributed by atoms with Crippen molar-refractivity contribution in [1.82, 2.24) is 25.1 Å². The summed E-state index contributed by atoms with van der Waals surface area (Å²) in [5.41, 5.74) is 1.32. The quantitative estimate of drug-likeness (QED) is 0.223. The van der Waals surface area contributed by atoms with Gasteiger partial charge in [0.05, 0.1) is 36.0 Å². The number of carbonyl (C=O) groups excluding carboxylic acids is 1. The minimum atomic E-state index is -4.70. The molecule has 0 spiro atoms. The number of amides is 1. The number of halogens is 3. The van der Waals surface area contributed by atoms with E-state index in [-0.39, 0.29) is 36.4 Å². The van der Waals surface area contributed by atoms with Crippen molar-refractivity contribution in [2.45, 2.75) is 76.6 Å². The first-order chi connectivity index (χ1) is 25.2. The number of rotatable bonds is 13. The van der Waals surface area contributed by atoms with E-state index in [1.807, 2.05) is 6.92 Å². The highest BCUT2D eigenvalue weighted by Gasteiger charge is 2.35. The Hall–Kier alpha value is -3.95. The van der Waals surface area contributed by atoms with Crippen molar-refractivity contribution in [2.75, 3.05) is 62.8 Å². The number of nitrogens with zero attached hydrogens (tertiary/aromatic N) is 5. The molecule has 2 N–H and O–H groups in total. The van der Waals surface area contributed by atoms with Gasteiger partial charge in [-0.2, -0.15) is 13.2 Å². The standard InChI is InChI=1S/C38H50F3N7O4S/c1-25-5-8-27(34(21-25)46(2)53(4,50)51)9-15-32-31(38(39,40)41)23-42-37(44-32)45-33-16-10-28(22-35(33)52-3)36(49)43-29-11-13-30(14-12-29)48-19-17-47(18-20-48)24-26-6-7-26/h5,8,10,16,21-23,26,29-30H,6-7,9,11-15,17-20,24H2,1-4H3,(H,43,49)(H,42,44,45). The maximum atomic E-state index is 14.1. The van der Waals surface area contributed by atoms with Gasteiger partial charge in [0.25, 0.3) is 5.91 Å². The molecule has 1 amide bonds. The second-order valence-electron chi connectivity index (χ2n) is 14.7. The fourth-order valence-corrected chi connectivity index (χ4v) is 7.93. The van der Waals surface area contributed by atoms with E-state index in [0.29, 0.717) is 34.3 Å². The first kappa shape index (κ1) is 38.8. The molecule has 288 valence electrons. The number of hydrogen-bond donors (Lipinski definition) is 2. The molecule has 11 nitrogen and oxygen atoms in total. The smallest absolute Gasteiger partial charge is 0.419 e. The number of hydrogen-bond acceptors (Lipinski definition) is 9. The van der Waals surface area contributed by atoms with Crippen molar-refractivity contribution >= 4 is 33.3 Å². The number of piperazine rings is 1. The van der Waals surface area contributed by atoms with Gasteiger partial charge in [-0.05, 0) is 99.6 Å². The Kier molecular flexibility index (Phi) is 11.8. The summed E-state index contributed by atoms with van der Waals surface area (Å²) >= 11 is 0. The molecule has 0 atom stereocenters. The lowest BCUT2D eigenvalue weighted by molar-refractivity contribution is -0.138. The van der Waals surface area contributed by atoms with Gasteiger partial charge in [0.1, 0.15) is 5.75 Å². The third-order valence-electron chi connectivity index (χ3n) is 10.8. The SMILES string of the molecule is COc1cc(C(=O)NC2CCC(N3CCN(CC4CC4)CC3)CC2)ccc1Nc1ncc(C(F)(F)F)c(CCc2ccc(C)cc2N(C)S(C)(=O)=O)n1. The van der Waals surface area contributed by atoms with Gasteiger partial charge in [-0.1, -0.05) is 12.1 Å². The number of benzene rings is 2. The molecule has 2 aliphatic carbocycles. The molecule has 53 heavy (non-hydrogen) atoms. The first-order valence-corrected chi connectivity index (χ1v) is 20.2. The van der Waals surface area contributed by atoms with Gasteiger partial charge >= 0.3 is 6.18 Å². The lowest BCUT2D eigenvalue weighted by Gasteiger charge is -2.42. The van der Waals surface area contributed by atoms with Crippen molar-refractivity contribution in [3.05, 3.63) is 70.5 Å². The van der Waals surface area contributed by atoms with Crippen LogP contribution in [0.5, 0.6) is 5.75 Å². The van der Waals surface area contributed by atoms with E-state index in [1.165, 1.54) is 33.5 Å². The number of nitrogens with one attached hydrogen (secondary N) is 2. The van der Waals surface area contributed by atoms with Gasteiger partial charge in [0, 0.05) is 63.6 Å². The molecule has 1 saturated heterocycles. The number of anilines is 3. The Morgan fingerprint density at radius 2 is 1.72 bits per heavy atom. The molecule has 0 bridgehead atoms. The maximum Gasteiger partial charge on any atom is 0.419 e. The lowest BCUT2D eigenvalue weighted by Crippen LogP contribution is -2.52. The molecule has 6 rings (SSSR count). The maximum absolute atomic E-state index is 14.1. The molecule has 2 heterocycles. The highest BCUT2D eigenvalue weighted by molar-refractivity contribution is 7.92. The summed E-state index contributed by atoms with van der Waals surface area (Å²) in [7, 11) is -0.749. The molecule has 3 fully saturated rings. The van der Waals surface area contributed by atoms with Crippen LogP contribution in [0, 0.1) is 12.8 Å². The molecular formula is C38H50F3N7O4S. The van der Waals surface area contributed by atoms with E-state index in [9.17, 15) is 26.4 Å². The normalized spacial score (nSPS) is 20.2. The number of aromatic nitrogens is 2. The number of carbonyl (C=O) groups is 1. The number of methoxy groups -OCH3 is 1. The summed E-state index contributed by atoms with van der Waals surface area (Å²) in [5.74, 6) is 0.935. The van der Waals surface area contributed by atoms with Gasteiger partial charge in [0.15, 0.2) is 0 Å². The van der Waals surface area contributed by atoms with E-state index in [2.05, 4.69) is 30.4 Å². The van der Waals surface area contributed by atoms with Gasteiger partial charge in [-0.25, -0.2) is 18.4 Å². The summed E-state index contributed by atoms with van der Waals surface area (Å²) in [5, 5.41) is 6.14. The second-order valence-corrected chi connectivity index (χ2v) is 16.7. The largest absolute Gasteiger partial charge is 0.495 e. The summed E-state index contributed by atoms with van der Waals surface area (Å²) < 4.78 is 73.4. The van der Waals surface area contributed by atoms with Crippen molar-refractivity contribution in [3.8, 4) is 5.75 Å². The molecule has 15 heteroatoms. The Labute approximate surface area is 310 Å². The van der Waals surface area contributed by atoms with Gasteiger partial charge in [-0.3, -0.25) is 14.0 Å². The fourth-order valence-electron chi connectivity index (χ4n) is 7.40. The Bertz CT molecular complexity index is 1870. The zero-order valence-electron chi connectivity index (χ0n) is 30.9. The molecule has 0 unspecified atom stereocenters. The number of ether oxygens (including phenoxy) is 1. The van der Waals surface area contributed by atoms with Crippen LogP contribution in [0.3, 0.4) is 0 Å². The van der Waals surface area contributed by atoms with Gasteiger partial charge < -0.3 is 20.3 Å². The van der Waals surface area contributed by atoms with Crippen molar-refractivity contribution in [3.63, 3.8) is 0 Å². The van der Waals surface area contributed by atoms with Crippen LogP contribution in [0.1, 0.15) is 71.3 Å². The highest BCUT2D eigenvalue weighted by Crippen LogP contribution is 2.35. The number of alkyl halides is 3. The number of sulfonamides is 1. The minimum Gasteiger partial charge on any atom is -0.495 e. The molecule has 2 saturated carbocycles. The molecule has 3 aromatic rings. The third kappa shape index (κ3) is 9.98. The zero-order valence-corrected chi connectivity index (χ0v) is 31.7. The van der Waals surface area contributed by atoms with Crippen LogP contribution in [0.2, 0.25) is 0 Å². The lowest BCUT2D eigenvalue weighted by atomic mass is 9.89. The van der Waals surface area contributed by atoms with E-state index < -0.39 is 21.8 Å². The molecule has 1 aliphatic heterocycles. The number of aryl methyl sites for hydroxylation is 3. The van der Waals surface area contributed by atoms with Crippen LogP contribution in [0.15, 0.2) is 42.6 Å². The van der Waals surface area contributed by atoms with Crippen LogP contribution >= 0.6 is 0 Å². The molecule has 3 aliphatic rings. The van der Waals surface area contributed by atoms with Crippen LogP contribution in [0.25, 0.3) is 0 Å². The van der Waals surface area contributed by atoms with Crippen LogP contribution in [0.4, 0.5) is 30.5 Å². The predicted molar refractivity (Wildman–Crippen MR) is 199 cm³/mol. The average Bonchev–Trinajstić information content (AvgIpc) is 3.95. The van der Waals surface area contributed by atoms with Crippen molar-refractivity contribution < 1.29 is 31.1 Å². The summed E-state index contributed by atoms with van der Waals surface area (Å²) in [4.78, 5) is 26.7. The summed E-state index contributed by atoms with van der Waals surface area (Å²) in [6.45, 7) is 7.59. The second kappa shape index (κ2) is 16.2. The van der Waals surface area contributed by atoms with E-state index in [4.69, 9.17) is 4.74 Å². The fraction of sp³-hybridized carbons (Fsp3) is 0.553. The Morgan fingerprint density at radius 3 is 2.36 bits per heavy atom. The average molecular weight is 758 g/mol. The first-order valence-electron chi connectivity index (χ1n) is 18.4. The summed E-state index contributed by atoms with van der Waals surface area (Å²) in [6, 6.07) is 10.7. The highest BCUT2D eigenvalue weighted by atomic mass is 32.2. The zero-order chi connectivity index (χ0) is 37.9. The van der Waals surface area contributed by atoms with Gasteiger partial charge in [-0.15, -0.1) is 0 Å². The molecule has 0 radical (unpaired) electrons. The van der Waals surface area contributed by atoms with Crippen LogP contribution in [-0.2, 0) is 29.0 Å². The monoisotopic (exact) mass is 757 g/mol. The topological polar surface area (TPSA) is 120 Å². The van der Waals surface area contributed by atoms with Gasteiger partial charge in [0.2, 0.25) is 16.0 Å². The van der Waals surface area contributed by atoms with Crippen molar-refractivity contribution in [2.24, 2.45) is 5.92 Å². The predicted octanol–water partition coefficient (Wildman–Crippen LogP) is 5.81. The van der Waals surface area contributed by atoms with Crippen LogP contribution < -0.4 is 19.7 Å². The van der Waals surface area contributed by atoms with E-state index in [0.717, 1.165) is 80.1 Å². The molecular weight excluding hydrogens is 708 g/mol. The molecule has 2 aromatic carbocycles. The molecule has 1 aromatic heterocycles.